The van der Waals surface area contributed by atoms with Crippen LogP contribution in [0.5, 0.6) is 5.75 Å². The van der Waals surface area contributed by atoms with Crippen LogP contribution in [0.1, 0.15) is 19.4 Å². The third-order valence-corrected chi connectivity index (χ3v) is 2.12. The van der Waals surface area contributed by atoms with Crippen molar-refractivity contribution in [3.05, 3.63) is 40.4 Å². The van der Waals surface area contributed by atoms with E-state index < -0.39 is 0 Å². The van der Waals surface area contributed by atoms with Crippen molar-refractivity contribution >= 4 is 11.6 Å². The summed E-state index contributed by atoms with van der Waals surface area (Å²) in [4.78, 5) is 0. The standard InChI is InChI=1S/C12H12ClNO/c1-9(2)5-6-15-11-4-3-10(8-14)12(13)7-11/h3-5,7H,6H2,1-2H3. The molecular weight excluding hydrogens is 210 g/mol. The average molecular weight is 222 g/mol. The molecule has 0 aromatic heterocycles. The minimum Gasteiger partial charge on any atom is -0.489 e. The first-order chi connectivity index (χ1) is 7.13. The Morgan fingerprint density at radius 1 is 1.53 bits per heavy atom. The third kappa shape index (κ3) is 3.65. The number of rotatable bonds is 3. The smallest absolute Gasteiger partial charge is 0.121 e. The highest BCUT2D eigenvalue weighted by atomic mass is 35.5. The maximum atomic E-state index is 8.67. The molecule has 0 heterocycles. The number of allylic oxidation sites excluding steroid dienone is 1. The molecule has 0 aliphatic heterocycles. The van der Waals surface area contributed by atoms with Crippen LogP contribution in [-0.2, 0) is 0 Å². The Morgan fingerprint density at radius 3 is 2.80 bits per heavy atom. The summed E-state index contributed by atoms with van der Waals surface area (Å²) >= 11 is 5.85. The van der Waals surface area contributed by atoms with Gasteiger partial charge in [-0.15, -0.1) is 0 Å². The summed E-state index contributed by atoms with van der Waals surface area (Å²) in [7, 11) is 0. The Labute approximate surface area is 94.7 Å². The molecule has 0 amide bonds. The highest BCUT2D eigenvalue weighted by molar-refractivity contribution is 6.31. The number of nitriles is 1. The Morgan fingerprint density at radius 2 is 2.27 bits per heavy atom. The number of ether oxygens (including phenoxy) is 1. The van der Waals surface area contributed by atoms with Crippen LogP contribution in [0, 0.1) is 11.3 Å². The molecule has 1 aromatic rings. The third-order valence-electron chi connectivity index (χ3n) is 1.80. The van der Waals surface area contributed by atoms with Crippen LogP contribution in [0.4, 0.5) is 0 Å². The quantitative estimate of drug-likeness (QED) is 0.732. The van der Waals surface area contributed by atoms with Gasteiger partial charge in [0, 0.05) is 6.07 Å². The summed E-state index contributed by atoms with van der Waals surface area (Å²) in [6.07, 6.45) is 1.98. The second-order valence-corrected chi connectivity index (χ2v) is 3.75. The first-order valence-electron chi connectivity index (χ1n) is 4.59. The summed E-state index contributed by atoms with van der Waals surface area (Å²) in [5.74, 6) is 0.677. The minimum atomic E-state index is 0.423. The first kappa shape index (κ1) is 11.6. The van der Waals surface area contributed by atoms with Gasteiger partial charge in [0.1, 0.15) is 18.4 Å². The van der Waals surface area contributed by atoms with Crippen LogP contribution in [0.2, 0.25) is 5.02 Å². The summed E-state index contributed by atoms with van der Waals surface area (Å²) < 4.78 is 5.43. The van der Waals surface area contributed by atoms with Crippen LogP contribution < -0.4 is 4.74 Å². The lowest BCUT2D eigenvalue weighted by Crippen LogP contribution is -1.94. The molecule has 78 valence electrons. The van der Waals surface area contributed by atoms with Crippen LogP contribution in [-0.4, -0.2) is 6.61 Å². The molecule has 0 aliphatic rings. The molecule has 0 saturated carbocycles. The molecule has 0 fully saturated rings. The fourth-order valence-corrected chi connectivity index (χ4v) is 1.19. The predicted molar refractivity (Wildman–Crippen MR) is 61.1 cm³/mol. The largest absolute Gasteiger partial charge is 0.489 e. The molecule has 1 rings (SSSR count). The zero-order valence-electron chi connectivity index (χ0n) is 8.75. The zero-order chi connectivity index (χ0) is 11.3. The summed E-state index contributed by atoms with van der Waals surface area (Å²) in [6.45, 7) is 4.54. The molecular formula is C12H12ClNO. The lowest BCUT2D eigenvalue weighted by atomic mass is 10.2. The molecule has 0 unspecified atom stereocenters. The van der Waals surface area contributed by atoms with Crippen LogP contribution in [0.3, 0.4) is 0 Å². The number of benzene rings is 1. The molecule has 3 heteroatoms. The van der Waals surface area contributed by atoms with Gasteiger partial charge >= 0.3 is 0 Å². The molecule has 0 saturated heterocycles. The maximum Gasteiger partial charge on any atom is 0.121 e. The predicted octanol–water partition coefficient (Wildman–Crippen LogP) is 3.56. The Balaban J connectivity index is 2.69. The average Bonchev–Trinajstić information content (AvgIpc) is 2.17. The Bertz CT molecular complexity index is 414. The van der Waals surface area contributed by atoms with Crippen molar-refractivity contribution in [1.82, 2.24) is 0 Å². The van der Waals surface area contributed by atoms with Gasteiger partial charge in [0.25, 0.3) is 0 Å². The molecule has 2 nitrogen and oxygen atoms in total. The number of halogens is 1. The van der Waals surface area contributed by atoms with Gasteiger partial charge in [-0.05, 0) is 32.1 Å². The number of hydrogen-bond donors (Lipinski definition) is 0. The normalized spacial score (nSPS) is 9.20. The van der Waals surface area contributed by atoms with E-state index in [9.17, 15) is 0 Å². The van der Waals surface area contributed by atoms with Gasteiger partial charge in [0.15, 0.2) is 0 Å². The zero-order valence-corrected chi connectivity index (χ0v) is 9.51. The second-order valence-electron chi connectivity index (χ2n) is 3.35. The van der Waals surface area contributed by atoms with Gasteiger partial charge < -0.3 is 4.74 Å². The SMILES string of the molecule is CC(C)=CCOc1ccc(C#N)c(Cl)c1. The first-order valence-corrected chi connectivity index (χ1v) is 4.97. The van der Waals surface area contributed by atoms with Crippen molar-refractivity contribution in [3.63, 3.8) is 0 Å². The molecule has 15 heavy (non-hydrogen) atoms. The fraction of sp³-hybridized carbons (Fsp3) is 0.250. The van der Waals surface area contributed by atoms with Gasteiger partial charge in [-0.1, -0.05) is 17.2 Å². The van der Waals surface area contributed by atoms with E-state index in [1.54, 1.807) is 18.2 Å². The van der Waals surface area contributed by atoms with Crippen LogP contribution in [0.25, 0.3) is 0 Å². The summed E-state index contributed by atoms with van der Waals surface area (Å²) in [5, 5.41) is 9.10. The highest BCUT2D eigenvalue weighted by Crippen LogP contribution is 2.21. The van der Waals surface area contributed by atoms with E-state index in [1.807, 2.05) is 26.0 Å². The van der Waals surface area contributed by atoms with Crippen LogP contribution >= 0.6 is 11.6 Å². The monoisotopic (exact) mass is 221 g/mol. The van der Waals surface area contributed by atoms with E-state index in [4.69, 9.17) is 21.6 Å². The van der Waals surface area contributed by atoms with Crippen molar-refractivity contribution in [2.24, 2.45) is 0 Å². The van der Waals surface area contributed by atoms with Gasteiger partial charge in [0.2, 0.25) is 0 Å². The number of nitrogens with zero attached hydrogens (tertiary/aromatic N) is 1. The van der Waals surface area contributed by atoms with Crippen molar-refractivity contribution in [3.8, 4) is 11.8 Å². The molecule has 1 aromatic carbocycles. The van der Waals surface area contributed by atoms with Gasteiger partial charge in [-0.25, -0.2) is 0 Å². The lowest BCUT2D eigenvalue weighted by molar-refractivity contribution is 0.362. The van der Waals surface area contributed by atoms with Crippen molar-refractivity contribution < 1.29 is 4.74 Å². The van der Waals surface area contributed by atoms with Gasteiger partial charge in [0.05, 0.1) is 10.6 Å². The van der Waals surface area contributed by atoms with E-state index >= 15 is 0 Å². The topological polar surface area (TPSA) is 33.0 Å². The fourth-order valence-electron chi connectivity index (χ4n) is 0.981. The lowest BCUT2D eigenvalue weighted by Gasteiger charge is -2.04. The molecule has 0 aliphatic carbocycles. The number of hydrogen-bond acceptors (Lipinski definition) is 2. The Kier molecular flexibility index (Phi) is 4.20. The van der Waals surface area contributed by atoms with Crippen molar-refractivity contribution in [1.29, 1.82) is 5.26 Å². The molecule has 0 atom stereocenters. The minimum absolute atomic E-state index is 0.423. The van der Waals surface area contributed by atoms with E-state index in [2.05, 4.69) is 0 Å². The van der Waals surface area contributed by atoms with E-state index in [1.165, 1.54) is 5.57 Å². The summed E-state index contributed by atoms with van der Waals surface area (Å²) in [5.41, 5.74) is 1.67. The van der Waals surface area contributed by atoms with Crippen molar-refractivity contribution in [2.45, 2.75) is 13.8 Å². The molecule has 0 radical (unpaired) electrons. The van der Waals surface area contributed by atoms with Crippen LogP contribution in [0.15, 0.2) is 29.8 Å². The summed E-state index contributed by atoms with van der Waals surface area (Å²) in [6, 6.07) is 7.04. The maximum absolute atomic E-state index is 8.67. The Hall–Kier alpha value is -1.46. The molecule has 0 N–H and O–H groups in total. The van der Waals surface area contributed by atoms with Gasteiger partial charge in [-0.3, -0.25) is 0 Å². The van der Waals surface area contributed by atoms with Crippen molar-refractivity contribution in [2.75, 3.05) is 6.61 Å². The highest BCUT2D eigenvalue weighted by Gasteiger charge is 2.00. The van der Waals surface area contributed by atoms with E-state index in [0.29, 0.717) is 22.9 Å². The van der Waals surface area contributed by atoms with Gasteiger partial charge in [-0.2, -0.15) is 5.26 Å². The van der Waals surface area contributed by atoms with E-state index in [0.717, 1.165) is 0 Å². The van der Waals surface area contributed by atoms with E-state index in [-0.39, 0.29) is 0 Å². The second kappa shape index (κ2) is 5.43. The molecule has 0 bridgehead atoms. The molecule has 0 spiro atoms.